The van der Waals surface area contributed by atoms with Crippen molar-refractivity contribution in [3.05, 3.63) is 0 Å². The van der Waals surface area contributed by atoms with Crippen molar-refractivity contribution < 1.29 is 19.1 Å². The number of unbranched alkanes of at least 4 members (excludes halogenated alkanes) is 22. The third-order valence-corrected chi connectivity index (χ3v) is 14.1. The fourth-order valence-electron chi connectivity index (χ4n) is 9.84. The van der Waals surface area contributed by atoms with Gasteiger partial charge in [-0.05, 0) is 79.1 Å². The standard InChI is InChI=1S/C53H102N2O4/c1-7-13-15-17-25-34-42-48-50(58-48)44-36-27-21-19-23-30-38-46(52(56)54(9-3)10-4)40-32-29-33-41-47(53(57)55(11-5)12-6)39-31-24-20-22-28-37-45-51-49(59-51)43-35-26-18-16-14-8-2/h46-51H,7-45H2,1-6H3/t46?,47?,48-,49-,50+,51+/m1/s1. The summed E-state index contributed by atoms with van der Waals surface area (Å²) in [5, 5.41) is 0. The lowest BCUT2D eigenvalue weighted by Crippen LogP contribution is -2.36. The van der Waals surface area contributed by atoms with E-state index in [-0.39, 0.29) is 11.8 Å². The number of amides is 2. The first-order chi connectivity index (χ1) is 28.9. The zero-order valence-electron chi connectivity index (χ0n) is 40.6. The SMILES string of the molecule is CCCCCCCC[C@H]1O[C@H]1CCCCCCCCC(CCCCCC(CCCCCCCC[C@@H]1O[C@@H]1CCCCCCCC)C(=O)N(CC)CC)C(=O)N(CC)CC. The van der Waals surface area contributed by atoms with Gasteiger partial charge in [0.25, 0.3) is 0 Å². The third kappa shape index (κ3) is 26.2. The Hall–Kier alpha value is -1.14. The first kappa shape index (κ1) is 54.0. The second-order valence-corrected chi connectivity index (χ2v) is 19.0. The van der Waals surface area contributed by atoms with Crippen molar-refractivity contribution in [1.29, 1.82) is 0 Å². The molecule has 6 nitrogen and oxygen atoms in total. The number of hydrogen-bond donors (Lipinski definition) is 0. The lowest BCUT2D eigenvalue weighted by Gasteiger charge is -2.26. The number of nitrogens with zero attached hydrogens (tertiary/aromatic N) is 2. The number of rotatable bonds is 44. The predicted molar refractivity (Wildman–Crippen MR) is 253 cm³/mol. The maximum Gasteiger partial charge on any atom is 0.225 e. The van der Waals surface area contributed by atoms with Gasteiger partial charge in [-0.2, -0.15) is 0 Å². The molecule has 0 aromatic heterocycles. The molecule has 2 aliphatic rings. The van der Waals surface area contributed by atoms with Crippen LogP contribution in [0.25, 0.3) is 0 Å². The molecule has 0 N–H and O–H groups in total. The van der Waals surface area contributed by atoms with E-state index in [9.17, 15) is 9.59 Å². The Balaban J connectivity index is 1.59. The number of carbonyl (C=O) groups excluding carboxylic acids is 2. The highest BCUT2D eigenvalue weighted by molar-refractivity contribution is 5.79. The van der Waals surface area contributed by atoms with Gasteiger partial charge in [-0.15, -0.1) is 0 Å². The van der Waals surface area contributed by atoms with Crippen LogP contribution >= 0.6 is 0 Å². The number of epoxide rings is 2. The van der Waals surface area contributed by atoms with E-state index in [2.05, 4.69) is 51.3 Å². The Morgan fingerprint density at radius 3 is 0.814 bits per heavy atom. The number of hydrogen-bond acceptors (Lipinski definition) is 4. The van der Waals surface area contributed by atoms with Crippen molar-refractivity contribution in [3.8, 4) is 0 Å². The van der Waals surface area contributed by atoms with Gasteiger partial charge in [0, 0.05) is 38.0 Å². The van der Waals surface area contributed by atoms with Crippen molar-refractivity contribution in [2.45, 2.75) is 291 Å². The van der Waals surface area contributed by atoms with Crippen LogP contribution in [0.4, 0.5) is 0 Å². The van der Waals surface area contributed by atoms with Crippen LogP contribution in [0, 0.1) is 11.8 Å². The molecule has 2 amide bonds. The molecule has 0 aromatic rings. The van der Waals surface area contributed by atoms with Gasteiger partial charge in [-0.3, -0.25) is 9.59 Å². The van der Waals surface area contributed by atoms with Crippen LogP contribution in [-0.4, -0.2) is 72.2 Å². The maximum absolute atomic E-state index is 13.5. The van der Waals surface area contributed by atoms with E-state index in [0.717, 1.165) is 71.1 Å². The van der Waals surface area contributed by atoms with Crippen LogP contribution in [0.1, 0.15) is 266 Å². The fourth-order valence-corrected chi connectivity index (χ4v) is 9.84. The van der Waals surface area contributed by atoms with Crippen molar-refractivity contribution in [2.75, 3.05) is 26.2 Å². The Labute approximate surface area is 368 Å². The van der Waals surface area contributed by atoms with Crippen LogP contribution in [0.2, 0.25) is 0 Å². The van der Waals surface area contributed by atoms with Crippen LogP contribution in [0.3, 0.4) is 0 Å². The van der Waals surface area contributed by atoms with Crippen molar-refractivity contribution >= 4 is 11.8 Å². The maximum atomic E-state index is 13.5. The molecule has 0 aromatic carbocycles. The molecule has 0 spiro atoms. The third-order valence-electron chi connectivity index (χ3n) is 14.1. The van der Waals surface area contributed by atoms with Crippen LogP contribution in [0.5, 0.6) is 0 Å². The number of ether oxygens (including phenoxy) is 2. The summed E-state index contributed by atoms with van der Waals surface area (Å²) >= 11 is 0. The average molecular weight is 831 g/mol. The van der Waals surface area contributed by atoms with Crippen LogP contribution < -0.4 is 0 Å². The minimum atomic E-state index is 0.155. The lowest BCUT2D eigenvalue weighted by atomic mass is 9.90. The molecule has 2 heterocycles. The van der Waals surface area contributed by atoms with E-state index in [1.54, 1.807) is 0 Å². The van der Waals surface area contributed by atoms with E-state index in [1.807, 2.05) is 0 Å². The monoisotopic (exact) mass is 831 g/mol. The molecule has 59 heavy (non-hydrogen) atoms. The predicted octanol–water partition coefficient (Wildman–Crippen LogP) is 15.2. The van der Waals surface area contributed by atoms with Gasteiger partial charge < -0.3 is 19.3 Å². The summed E-state index contributed by atoms with van der Waals surface area (Å²) < 4.78 is 11.9. The van der Waals surface area contributed by atoms with Gasteiger partial charge in [0.1, 0.15) is 0 Å². The quantitative estimate of drug-likeness (QED) is 0.0453. The zero-order valence-corrected chi connectivity index (χ0v) is 40.6. The summed E-state index contributed by atoms with van der Waals surface area (Å²) in [4.78, 5) is 31.2. The highest BCUT2D eigenvalue weighted by Gasteiger charge is 2.37. The first-order valence-corrected chi connectivity index (χ1v) is 26.8. The van der Waals surface area contributed by atoms with Gasteiger partial charge in [0.05, 0.1) is 24.4 Å². The molecule has 0 radical (unpaired) electrons. The van der Waals surface area contributed by atoms with Crippen molar-refractivity contribution in [2.24, 2.45) is 11.8 Å². The average Bonchev–Trinajstić information content (AvgIpc) is 4.18. The van der Waals surface area contributed by atoms with Gasteiger partial charge in [-0.25, -0.2) is 0 Å². The Kier molecular flexibility index (Phi) is 33.3. The van der Waals surface area contributed by atoms with Gasteiger partial charge in [-0.1, -0.05) is 187 Å². The lowest BCUT2D eigenvalue weighted by molar-refractivity contribution is -0.136. The molecule has 0 bridgehead atoms. The fraction of sp³-hybridized carbons (Fsp3) is 0.962. The second kappa shape index (κ2) is 36.4. The van der Waals surface area contributed by atoms with Crippen molar-refractivity contribution in [3.63, 3.8) is 0 Å². The normalized spacial score (nSPS) is 19.5. The van der Waals surface area contributed by atoms with Crippen molar-refractivity contribution in [1.82, 2.24) is 9.80 Å². The molecular weight excluding hydrogens is 729 g/mol. The molecule has 2 unspecified atom stereocenters. The van der Waals surface area contributed by atoms with E-state index in [4.69, 9.17) is 9.47 Å². The molecular formula is C53H102N2O4. The summed E-state index contributed by atoms with van der Waals surface area (Å²) in [6.45, 7) is 16.3. The highest BCUT2D eigenvalue weighted by Crippen LogP contribution is 2.33. The molecule has 2 fully saturated rings. The second-order valence-electron chi connectivity index (χ2n) is 19.0. The van der Waals surface area contributed by atoms with Gasteiger partial charge in [0.15, 0.2) is 0 Å². The summed E-state index contributed by atoms with van der Waals surface area (Å²) in [7, 11) is 0. The summed E-state index contributed by atoms with van der Waals surface area (Å²) in [6, 6.07) is 0. The van der Waals surface area contributed by atoms with Gasteiger partial charge >= 0.3 is 0 Å². The first-order valence-electron chi connectivity index (χ1n) is 26.8. The molecule has 2 rings (SSSR count). The van der Waals surface area contributed by atoms with E-state index < -0.39 is 0 Å². The molecule has 0 saturated carbocycles. The highest BCUT2D eigenvalue weighted by atomic mass is 16.6. The van der Waals surface area contributed by atoms with E-state index in [0.29, 0.717) is 36.2 Å². The summed E-state index contributed by atoms with van der Waals surface area (Å²) in [6.07, 6.45) is 46.4. The topological polar surface area (TPSA) is 65.7 Å². The molecule has 348 valence electrons. The van der Waals surface area contributed by atoms with E-state index in [1.165, 1.54) is 180 Å². The largest absolute Gasteiger partial charge is 0.370 e. The Bertz CT molecular complexity index is 907. The minimum absolute atomic E-state index is 0.155. The molecule has 0 aliphatic carbocycles. The molecule has 2 saturated heterocycles. The van der Waals surface area contributed by atoms with Gasteiger partial charge in [0.2, 0.25) is 11.8 Å². The molecule has 6 heteroatoms. The molecule has 2 aliphatic heterocycles. The Morgan fingerprint density at radius 2 is 0.559 bits per heavy atom. The van der Waals surface area contributed by atoms with Crippen LogP contribution in [0.15, 0.2) is 0 Å². The van der Waals surface area contributed by atoms with E-state index >= 15 is 0 Å². The number of carbonyl (C=O) groups is 2. The summed E-state index contributed by atoms with van der Waals surface area (Å²) in [5.74, 6) is 1.06. The minimum Gasteiger partial charge on any atom is -0.370 e. The Morgan fingerprint density at radius 1 is 0.339 bits per heavy atom. The molecule has 6 atom stereocenters. The smallest absolute Gasteiger partial charge is 0.225 e. The summed E-state index contributed by atoms with van der Waals surface area (Å²) in [5.41, 5.74) is 0. The van der Waals surface area contributed by atoms with Crippen LogP contribution in [-0.2, 0) is 19.1 Å². The zero-order chi connectivity index (χ0) is 42.8.